The summed E-state index contributed by atoms with van der Waals surface area (Å²) in [4.78, 5) is 17.3. The molecule has 0 spiro atoms. The molecule has 2 aromatic rings. The summed E-state index contributed by atoms with van der Waals surface area (Å²) in [6, 6.07) is 14.3. The van der Waals surface area contributed by atoms with Crippen molar-refractivity contribution in [3.05, 3.63) is 59.8 Å². The zero-order valence-corrected chi connectivity index (χ0v) is 12.9. The van der Waals surface area contributed by atoms with Crippen molar-refractivity contribution in [1.82, 2.24) is 4.98 Å². The molecule has 0 bridgehead atoms. The molecular formula is C18H22N2O2. The Morgan fingerprint density at radius 2 is 1.95 bits per heavy atom. The van der Waals surface area contributed by atoms with Gasteiger partial charge in [0.2, 0.25) is 0 Å². The fraction of sp³-hybridized carbons (Fsp3) is 0.333. The highest BCUT2D eigenvalue weighted by Crippen LogP contribution is 2.14. The Morgan fingerprint density at radius 1 is 1.18 bits per heavy atom. The number of aliphatic carboxylic acids is 1. The van der Waals surface area contributed by atoms with E-state index in [4.69, 9.17) is 5.11 Å². The number of nitrogens with zero attached hydrogens (tertiary/aromatic N) is 2. The molecule has 2 rings (SSSR count). The van der Waals surface area contributed by atoms with Gasteiger partial charge in [-0.3, -0.25) is 4.79 Å². The Balaban J connectivity index is 1.96. The van der Waals surface area contributed by atoms with E-state index < -0.39 is 5.97 Å². The van der Waals surface area contributed by atoms with E-state index in [0.29, 0.717) is 6.54 Å². The van der Waals surface area contributed by atoms with Crippen LogP contribution in [0.4, 0.5) is 5.82 Å². The van der Waals surface area contributed by atoms with E-state index in [1.165, 1.54) is 5.56 Å². The Morgan fingerprint density at radius 3 is 2.64 bits per heavy atom. The maximum atomic E-state index is 10.9. The van der Waals surface area contributed by atoms with Crippen LogP contribution in [0.2, 0.25) is 0 Å². The molecule has 116 valence electrons. The second-order valence-corrected chi connectivity index (χ2v) is 5.41. The van der Waals surface area contributed by atoms with Crippen LogP contribution in [0.15, 0.2) is 48.7 Å². The SMILES string of the molecule is Cc1ccnc(N(CCCc2ccccc2)CCC(=O)O)c1. The normalized spacial score (nSPS) is 10.4. The van der Waals surface area contributed by atoms with Gasteiger partial charge in [0.05, 0.1) is 6.42 Å². The summed E-state index contributed by atoms with van der Waals surface area (Å²) in [5.41, 5.74) is 2.44. The predicted octanol–water partition coefficient (Wildman–Crippen LogP) is 3.30. The molecule has 0 unspecified atom stereocenters. The quantitative estimate of drug-likeness (QED) is 0.812. The van der Waals surface area contributed by atoms with Gasteiger partial charge in [-0.1, -0.05) is 30.3 Å². The molecule has 0 saturated carbocycles. The standard InChI is InChI=1S/C18H22N2O2/c1-15-9-11-19-17(14-15)20(13-10-18(21)22)12-5-8-16-6-3-2-4-7-16/h2-4,6-7,9,11,14H,5,8,10,12-13H2,1H3,(H,21,22). The van der Waals surface area contributed by atoms with Crippen LogP contribution in [0, 0.1) is 6.92 Å². The number of carboxylic acid groups (broad SMARTS) is 1. The van der Waals surface area contributed by atoms with Crippen LogP contribution in [0.5, 0.6) is 0 Å². The maximum Gasteiger partial charge on any atom is 0.305 e. The Hall–Kier alpha value is -2.36. The zero-order valence-electron chi connectivity index (χ0n) is 12.9. The van der Waals surface area contributed by atoms with Gasteiger partial charge in [0.25, 0.3) is 0 Å². The lowest BCUT2D eigenvalue weighted by molar-refractivity contribution is -0.136. The largest absolute Gasteiger partial charge is 0.481 e. The highest BCUT2D eigenvalue weighted by molar-refractivity contribution is 5.67. The molecule has 0 saturated heterocycles. The molecule has 0 aliphatic rings. The molecule has 1 N–H and O–H groups in total. The van der Waals surface area contributed by atoms with Gasteiger partial charge in [-0.15, -0.1) is 0 Å². The Bertz CT molecular complexity index is 599. The number of carboxylic acids is 1. The third kappa shape index (κ3) is 5.20. The van der Waals surface area contributed by atoms with Crippen molar-refractivity contribution in [3.63, 3.8) is 0 Å². The van der Waals surface area contributed by atoms with Crippen LogP contribution in [0.1, 0.15) is 24.0 Å². The lowest BCUT2D eigenvalue weighted by Crippen LogP contribution is -2.28. The lowest BCUT2D eigenvalue weighted by atomic mass is 10.1. The maximum absolute atomic E-state index is 10.9. The van der Waals surface area contributed by atoms with Crippen LogP contribution < -0.4 is 4.90 Å². The molecule has 1 aromatic carbocycles. The second-order valence-electron chi connectivity index (χ2n) is 5.41. The van der Waals surface area contributed by atoms with Gasteiger partial charge in [0, 0.05) is 19.3 Å². The summed E-state index contributed by atoms with van der Waals surface area (Å²) < 4.78 is 0. The molecule has 4 nitrogen and oxygen atoms in total. The van der Waals surface area contributed by atoms with E-state index in [2.05, 4.69) is 22.0 Å². The first-order valence-electron chi connectivity index (χ1n) is 7.58. The number of hydrogen-bond donors (Lipinski definition) is 1. The van der Waals surface area contributed by atoms with E-state index in [1.54, 1.807) is 6.20 Å². The molecule has 0 amide bonds. The summed E-state index contributed by atoms with van der Waals surface area (Å²) in [6.45, 7) is 3.31. The molecule has 4 heteroatoms. The van der Waals surface area contributed by atoms with Crippen molar-refractivity contribution in [2.75, 3.05) is 18.0 Å². The van der Waals surface area contributed by atoms with E-state index in [0.717, 1.165) is 30.8 Å². The summed E-state index contributed by atoms with van der Waals surface area (Å²) in [7, 11) is 0. The van der Waals surface area contributed by atoms with E-state index in [1.807, 2.05) is 37.3 Å². The first-order valence-corrected chi connectivity index (χ1v) is 7.58. The van der Waals surface area contributed by atoms with Crippen molar-refractivity contribution in [2.24, 2.45) is 0 Å². The third-order valence-electron chi connectivity index (χ3n) is 3.56. The number of aromatic nitrogens is 1. The van der Waals surface area contributed by atoms with Gasteiger partial charge in [-0.25, -0.2) is 4.98 Å². The van der Waals surface area contributed by atoms with Crippen molar-refractivity contribution >= 4 is 11.8 Å². The van der Waals surface area contributed by atoms with E-state index in [-0.39, 0.29) is 6.42 Å². The second kappa shape index (κ2) is 8.17. The average Bonchev–Trinajstić information content (AvgIpc) is 2.51. The van der Waals surface area contributed by atoms with Gasteiger partial charge in [0.15, 0.2) is 0 Å². The molecule has 0 radical (unpaired) electrons. The van der Waals surface area contributed by atoms with Gasteiger partial charge < -0.3 is 10.0 Å². The van der Waals surface area contributed by atoms with E-state index in [9.17, 15) is 4.79 Å². The van der Waals surface area contributed by atoms with Crippen molar-refractivity contribution < 1.29 is 9.90 Å². The third-order valence-corrected chi connectivity index (χ3v) is 3.56. The monoisotopic (exact) mass is 298 g/mol. The average molecular weight is 298 g/mol. The fourth-order valence-corrected chi connectivity index (χ4v) is 2.38. The Labute approximate surface area is 131 Å². The van der Waals surface area contributed by atoms with Crippen molar-refractivity contribution in [2.45, 2.75) is 26.2 Å². The highest BCUT2D eigenvalue weighted by Gasteiger charge is 2.10. The fourth-order valence-electron chi connectivity index (χ4n) is 2.38. The lowest BCUT2D eigenvalue weighted by Gasteiger charge is -2.23. The van der Waals surface area contributed by atoms with Gasteiger partial charge in [0.1, 0.15) is 5.82 Å². The van der Waals surface area contributed by atoms with E-state index >= 15 is 0 Å². The number of aryl methyl sites for hydroxylation is 2. The molecule has 0 atom stereocenters. The smallest absolute Gasteiger partial charge is 0.305 e. The van der Waals surface area contributed by atoms with Gasteiger partial charge in [-0.2, -0.15) is 0 Å². The molecule has 1 heterocycles. The molecule has 22 heavy (non-hydrogen) atoms. The topological polar surface area (TPSA) is 53.4 Å². The van der Waals surface area contributed by atoms with Crippen molar-refractivity contribution in [1.29, 1.82) is 0 Å². The number of pyridine rings is 1. The summed E-state index contributed by atoms with van der Waals surface area (Å²) >= 11 is 0. The summed E-state index contributed by atoms with van der Waals surface area (Å²) in [5, 5.41) is 8.92. The minimum Gasteiger partial charge on any atom is -0.481 e. The number of benzene rings is 1. The zero-order chi connectivity index (χ0) is 15.8. The number of hydrogen-bond acceptors (Lipinski definition) is 3. The highest BCUT2D eigenvalue weighted by atomic mass is 16.4. The van der Waals surface area contributed by atoms with Crippen LogP contribution in [-0.2, 0) is 11.2 Å². The number of carbonyl (C=O) groups is 1. The van der Waals surface area contributed by atoms with Crippen LogP contribution >= 0.6 is 0 Å². The van der Waals surface area contributed by atoms with Crippen LogP contribution in [-0.4, -0.2) is 29.1 Å². The Kier molecular flexibility index (Phi) is 5.95. The van der Waals surface area contributed by atoms with Crippen molar-refractivity contribution in [3.8, 4) is 0 Å². The molecular weight excluding hydrogens is 276 g/mol. The number of anilines is 1. The minimum absolute atomic E-state index is 0.126. The molecule has 1 aromatic heterocycles. The summed E-state index contributed by atoms with van der Waals surface area (Å²) in [5.74, 6) is 0.0787. The van der Waals surface area contributed by atoms with Gasteiger partial charge >= 0.3 is 5.97 Å². The van der Waals surface area contributed by atoms with Gasteiger partial charge in [-0.05, 0) is 43.0 Å². The molecule has 0 aliphatic heterocycles. The predicted molar refractivity (Wildman–Crippen MR) is 88.2 cm³/mol. The summed E-state index contributed by atoms with van der Waals surface area (Å²) in [6.07, 6.45) is 3.85. The first kappa shape index (κ1) is 16.0. The first-order chi connectivity index (χ1) is 10.6. The molecule has 0 aliphatic carbocycles. The minimum atomic E-state index is -0.777. The van der Waals surface area contributed by atoms with Crippen LogP contribution in [0.25, 0.3) is 0 Å². The number of rotatable bonds is 8. The molecule has 0 fully saturated rings. The van der Waals surface area contributed by atoms with Crippen LogP contribution in [0.3, 0.4) is 0 Å².